The second-order valence-electron chi connectivity index (χ2n) is 5.04. The van der Waals surface area contributed by atoms with Gasteiger partial charge in [-0.15, -0.1) is 0 Å². The van der Waals surface area contributed by atoms with Crippen molar-refractivity contribution < 1.29 is 4.74 Å². The zero-order chi connectivity index (χ0) is 12.8. The Balaban J connectivity index is 1.98. The number of hydrogen-bond donors (Lipinski definition) is 2. The lowest BCUT2D eigenvalue weighted by Gasteiger charge is -2.19. The van der Waals surface area contributed by atoms with Crippen LogP contribution in [0.3, 0.4) is 0 Å². The summed E-state index contributed by atoms with van der Waals surface area (Å²) >= 11 is 0. The van der Waals surface area contributed by atoms with Crippen molar-refractivity contribution in [1.29, 1.82) is 0 Å². The molecule has 1 unspecified atom stereocenters. The van der Waals surface area contributed by atoms with Crippen molar-refractivity contribution in [2.45, 2.75) is 44.6 Å². The summed E-state index contributed by atoms with van der Waals surface area (Å²) in [5.74, 6) is 7.35. The molecule has 4 heteroatoms. The second kappa shape index (κ2) is 6.71. The topological polar surface area (TPSA) is 60.2 Å². The molecule has 1 aromatic heterocycles. The molecule has 18 heavy (non-hydrogen) atoms. The van der Waals surface area contributed by atoms with Crippen molar-refractivity contribution in [3.63, 3.8) is 0 Å². The molecule has 1 aliphatic carbocycles. The molecule has 100 valence electrons. The molecule has 1 aliphatic rings. The number of aromatic nitrogens is 1. The van der Waals surface area contributed by atoms with Gasteiger partial charge in [-0.2, -0.15) is 0 Å². The summed E-state index contributed by atoms with van der Waals surface area (Å²) in [5, 5.41) is 0. The van der Waals surface area contributed by atoms with Crippen LogP contribution in [0.15, 0.2) is 18.3 Å². The largest absolute Gasteiger partial charge is 0.495 e. The van der Waals surface area contributed by atoms with E-state index in [1.807, 2.05) is 12.1 Å². The third kappa shape index (κ3) is 3.21. The standard InChI is InChI=1S/C14H23N3O/c1-18-13-7-4-10-16-14(13)12(17-15)9-8-11-5-2-3-6-11/h4,7,10-12,17H,2-3,5-6,8-9,15H2,1H3. The van der Waals surface area contributed by atoms with Gasteiger partial charge in [-0.05, 0) is 30.9 Å². The van der Waals surface area contributed by atoms with E-state index in [1.165, 1.54) is 32.1 Å². The van der Waals surface area contributed by atoms with Crippen molar-refractivity contribution in [2.75, 3.05) is 7.11 Å². The third-order valence-corrected chi connectivity index (χ3v) is 3.89. The van der Waals surface area contributed by atoms with E-state index >= 15 is 0 Å². The first kappa shape index (κ1) is 13.3. The van der Waals surface area contributed by atoms with E-state index in [0.717, 1.165) is 23.8 Å². The number of nitrogens with one attached hydrogen (secondary N) is 1. The Hall–Kier alpha value is -1.13. The van der Waals surface area contributed by atoms with Gasteiger partial charge >= 0.3 is 0 Å². The van der Waals surface area contributed by atoms with Gasteiger partial charge in [-0.3, -0.25) is 16.3 Å². The van der Waals surface area contributed by atoms with Crippen molar-refractivity contribution >= 4 is 0 Å². The fraction of sp³-hybridized carbons (Fsp3) is 0.643. The number of pyridine rings is 1. The van der Waals surface area contributed by atoms with Crippen molar-refractivity contribution in [3.8, 4) is 5.75 Å². The number of hydrogen-bond acceptors (Lipinski definition) is 4. The van der Waals surface area contributed by atoms with Crippen LogP contribution >= 0.6 is 0 Å². The van der Waals surface area contributed by atoms with Crippen LogP contribution in [0.5, 0.6) is 5.75 Å². The lowest BCUT2D eigenvalue weighted by atomic mass is 9.97. The van der Waals surface area contributed by atoms with Crippen LogP contribution in [0, 0.1) is 5.92 Å². The molecule has 1 fully saturated rings. The summed E-state index contributed by atoms with van der Waals surface area (Å²) in [4.78, 5) is 4.40. The Bertz CT molecular complexity index is 364. The van der Waals surface area contributed by atoms with Gasteiger partial charge in [0.15, 0.2) is 0 Å². The van der Waals surface area contributed by atoms with Gasteiger partial charge in [-0.1, -0.05) is 25.7 Å². The number of methoxy groups -OCH3 is 1. The van der Waals surface area contributed by atoms with E-state index in [-0.39, 0.29) is 6.04 Å². The molecule has 0 aliphatic heterocycles. The first-order valence-electron chi connectivity index (χ1n) is 6.80. The number of hydrazine groups is 1. The van der Waals surface area contributed by atoms with E-state index in [2.05, 4.69) is 10.4 Å². The highest BCUT2D eigenvalue weighted by Crippen LogP contribution is 2.32. The van der Waals surface area contributed by atoms with Gasteiger partial charge in [0.2, 0.25) is 0 Å². The lowest BCUT2D eigenvalue weighted by Crippen LogP contribution is -2.29. The minimum absolute atomic E-state index is 0.0850. The first-order chi connectivity index (χ1) is 8.85. The van der Waals surface area contributed by atoms with Gasteiger partial charge in [-0.25, -0.2) is 0 Å². The highest BCUT2D eigenvalue weighted by molar-refractivity contribution is 5.29. The summed E-state index contributed by atoms with van der Waals surface area (Å²) < 4.78 is 5.34. The smallest absolute Gasteiger partial charge is 0.142 e. The van der Waals surface area contributed by atoms with E-state index in [9.17, 15) is 0 Å². The van der Waals surface area contributed by atoms with E-state index in [1.54, 1.807) is 13.3 Å². The number of ether oxygens (including phenoxy) is 1. The summed E-state index contributed by atoms with van der Waals surface area (Å²) in [6, 6.07) is 3.90. The summed E-state index contributed by atoms with van der Waals surface area (Å²) in [6.45, 7) is 0. The van der Waals surface area contributed by atoms with Crippen LogP contribution in [0.4, 0.5) is 0 Å². The highest BCUT2D eigenvalue weighted by atomic mass is 16.5. The quantitative estimate of drug-likeness (QED) is 0.601. The maximum Gasteiger partial charge on any atom is 0.142 e. The number of nitrogens with zero attached hydrogens (tertiary/aromatic N) is 1. The van der Waals surface area contributed by atoms with Gasteiger partial charge in [0, 0.05) is 6.20 Å². The summed E-state index contributed by atoms with van der Waals surface area (Å²) in [5.41, 5.74) is 3.79. The minimum Gasteiger partial charge on any atom is -0.495 e. The minimum atomic E-state index is 0.0850. The van der Waals surface area contributed by atoms with Crippen LogP contribution in [-0.2, 0) is 0 Å². The fourth-order valence-electron chi connectivity index (χ4n) is 2.84. The van der Waals surface area contributed by atoms with Crippen LogP contribution in [-0.4, -0.2) is 12.1 Å². The van der Waals surface area contributed by atoms with Gasteiger partial charge in [0.25, 0.3) is 0 Å². The second-order valence-corrected chi connectivity index (χ2v) is 5.04. The zero-order valence-electron chi connectivity index (χ0n) is 11.1. The predicted octanol–water partition coefficient (Wildman–Crippen LogP) is 2.56. The summed E-state index contributed by atoms with van der Waals surface area (Å²) in [7, 11) is 1.67. The fourth-order valence-corrected chi connectivity index (χ4v) is 2.84. The first-order valence-corrected chi connectivity index (χ1v) is 6.80. The van der Waals surface area contributed by atoms with E-state index in [4.69, 9.17) is 10.6 Å². The summed E-state index contributed by atoms with van der Waals surface area (Å²) in [6.07, 6.45) is 9.55. The molecule has 1 aromatic rings. The molecule has 1 atom stereocenters. The predicted molar refractivity (Wildman–Crippen MR) is 72.0 cm³/mol. The maximum absolute atomic E-state index is 5.67. The Labute approximate surface area is 109 Å². The molecule has 0 saturated heterocycles. The molecular formula is C14H23N3O. The molecule has 3 N–H and O–H groups in total. The molecule has 0 bridgehead atoms. The van der Waals surface area contributed by atoms with Crippen molar-refractivity contribution in [2.24, 2.45) is 11.8 Å². The van der Waals surface area contributed by atoms with Crippen LogP contribution < -0.4 is 16.0 Å². The molecule has 4 nitrogen and oxygen atoms in total. The van der Waals surface area contributed by atoms with Crippen molar-refractivity contribution in [3.05, 3.63) is 24.0 Å². The maximum atomic E-state index is 5.67. The Morgan fingerprint density at radius 1 is 1.50 bits per heavy atom. The Kier molecular flexibility index (Phi) is 4.96. The van der Waals surface area contributed by atoms with Gasteiger partial charge in [0.05, 0.1) is 13.2 Å². The monoisotopic (exact) mass is 249 g/mol. The molecule has 0 amide bonds. The third-order valence-electron chi connectivity index (χ3n) is 3.89. The van der Waals surface area contributed by atoms with Gasteiger partial charge in [0.1, 0.15) is 11.4 Å². The Morgan fingerprint density at radius 2 is 2.28 bits per heavy atom. The number of nitrogens with two attached hydrogens (primary N) is 1. The van der Waals surface area contributed by atoms with Crippen LogP contribution in [0.1, 0.15) is 50.3 Å². The molecule has 1 heterocycles. The van der Waals surface area contributed by atoms with Crippen molar-refractivity contribution in [1.82, 2.24) is 10.4 Å². The highest BCUT2D eigenvalue weighted by Gasteiger charge is 2.20. The molecule has 2 rings (SSSR count). The molecule has 0 aromatic carbocycles. The Morgan fingerprint density at radius 3 is 2.94 bits per heavy atom. The van der Waals surface area contributed by atoms with E-state index < -0.39 is 0 Å². The molecule has 0 radical (unpaired) electrons. The van der Waals surface area contributed by atoms with E-state index in [0.29, 0.717) is 0 Å². The molecule has 1 saturated carbocycles. The molecule has 0 spiro atoms. The number of rotatable bonds is 6. The normalized spacial score (nSPS) is 17.9. The van der Waals surface area contributed by atoms with Gasteiger partial charge < -0.3 is 4.74 Å². The average Bonchev–Trinajstić information content (AvgIpc) is 2.93. The zero-order valence-corrected chi connectivity index (χ0v) is 11.1. The lowest BCUT2D eigenvalue weighted by molar-refractivity contribution is 0.374. The average molecular weight is 249 g/mol. The SMILES string of the molecule is COc1cccnc1C(CCC1CCCC1)NN. The van der Waals surface area contributed by atoms with Crippen LogP contribution in [0.2, 0.25) is 0 Å². The van der Waals surface area contributed by atoms with Crippen LogP contribution in [0.25, 0.3) is 0 Å². The molecular weight excluding hydrogens is 226 g/mol.